The molecule has 1 saturated heterocycles. The molecule has 82 valence electrons. The van der Waals surface area contributed by atoms with Crippen molar-refractivity contribution in [1.82, 2.24) is 9.88 Å². The second-order valence-corrected chi connectivity index (χ2v) is 4.50. The van der Waals surface area contributed by atoms with Gasteiger partial charge in [0.15, 0.2) is 0 Å². The van der Waals surface area contributed by atoms with E-state index in [1.165, 1.54) is 0 Å². The Labute approximate surface area is 91.3 Å². The zero-order valence-electron chi connectivity index (χ0n) is 9.26. The molecule has 3 nitrogen and oxygen atoms in total. The average Bonchev–Trinajstić information content (AvgIpc) is 2.25. The summed E-state index contributed by atoms with van der Waals surface area (Å²) < 4.78 is 0. The lowest BCUT2D eigenvalue weighted by atomic mass is 9.89. The largest absolute Gasteiger partial charge is 0.327 e. The topological polar surface area (TPSA) is 42.1 Å². The molecule has 2 rings (SSSR count). The fourth-order valence-electron chi connectivity index (χ4n) is 2.24. The Morgan fingerprint density at radius 2 is 2.40 bits per heavy atom. The molecule has 2 N–H and O–H groups in total. The van der Waals surface area contributed by atoms with Crippen molar-refractivity contribution in [2.24, 2.45) is 11.7 Å². The number of pyridine rings is 1. The van der Waals surface area contributed by atoms with Gasteiger partial charge in [0.25, 0.3) is 0 Å². The van der Waals surface area contributed by atoms with Crippen LogP contribution in [0.25, 0.3) is 0 Å². The summed E-state index contributed by atoms with van der Waals surface area (Å²) in [6.45, 7) is 2.22. The highest BCUT2D eigenvalue weighted by atomic mass is 15.1. The van der Waals surface area contributed by atoms with Gasteiger partial charge in [-0.05, 0) is 44.5 Å². The maximum absolute atomic E-state index is 6.13. The summed E-state index contributed by atoms with van der Waals surface area (Å²) in [6, 6.07) is 6.42. The van der Waals surface area contributed by atoms with E-state index in [0.717, 1.165) is 31.6 Å². The number of nitrogens with zero attached hydrogens (tertiary/aromatic N) is 2. The molecule has 1 aromatic heterocycles. The summed E-state index contributed by atoms with van der Waals surface area (Å²) >= 11 is 0. The normalized spacial score (nSPS) is 27.9. The van der Waals surface area contributed by atoms with Crippen LogP contribution in [0.2, 0.25) is 0 Å². The van der Waals surface area contributed by atoms with E-state index in [1.54, 1.807) is 0 Å². The Morgan fingerprint density at radius 3 is 3.13 bits per heavy atom. The van der Waals surface area contributed by atoms with Crippen molar-refractivity contribution >= 4 is 0 Å². The third-order valence-corrected chi connectivity index (χ3v) is 3.19. The molecule has 0 unspecified atom stereocenters. The maximum atomic E-state index is 6.13. The molecule has 0 spiro atoms. The summed E-state index contributed by atoms with van der Waals surface area (Å²) in [5, 5.41) is 0. The molecule has 0 amide bonds. The van der Waals surface area contributed by atoms with Gasteiger partial charge in [0.2, 0.25) is 0 Å². The van der Waals surface area contributed by atoms with E-state index >= 15 is 0 Å². The summed E-state index contributed by atoms with van der Waals surface area (Å²) in [4.78, 5) is 6.72. The van der Waals surface area contributed by atoms with Gasteiger partial charge in [0, 0.05) is 24.5 Å². The van der Waals surface area contributed by atoms with Crippen LogP contribution in [0.15, 0.2) is 24.4 Å². The molecule has 2 atom stereocenters. The van der Waals surface area contributed by atoms with Crippen LogP contribution in [0.1, 0.15) is 12.1 Å². The minimum absolute atomic E-state index is 0.336. The SMILES string of the molecule is CN1CC[C@H](N)[C@H](Cc2ccccn2)C1. The van der Waals surface area contributed by atoms with Crippen LogP contribution in [0.4, 0.5) is 0 Å². The third-order valence-electron chi connectivity index (χ3n) is 3.19. The molecular weight excluding hydrogens is 186 g/mol. The van der Waals surface area contributed by atoms with Crippen LogP contribution >= 0.6 is 0 Å². The number of hydrogen-bond donors (Lipinski definition) is 1. The molecule has 0 aliphatic carbocycles. The van der Waals surface area contributed by atoms with Gasteiger partial charge in [-0.1, -0.05) is 6.07 Å². The minimum atomic E-state index is 0.336. The molecule has 0 bridgehead atoms. The Bertz CT molecular complexity index is 299. The number of rotatable bonds is 2. The van der Waals surface area contributed by atoms with E-state index in [-0.39, 0.29) is 0 Å². The smallest absolute Gasteiger partial charge is 0.0407 e. The molecule has 1 fully saturated rings. The Hall–Kier alpha value is -0.930. The molecule has 1 aliphatic rings. The Balaban J connectivity index is 1.98. The molecule has 3 heteroatoms. The molecule has 1 aliphatic heterocycles. The van der Waals surface area contributed by atoms with Gasteiger partial charge in [-0.25, -0.2) is 0 Å². The van der Waals surface area contributed by atoms with Crippen molar-refractivity contribution in [2.45, 2.75) is 18.9 Å². The van der Waals surface area contributed by atoms with Gasteiger partial charge >= 0.3 is 0 Å². The van der Waals surface area contributed by atoms with E-state index < -0.39 is 0 Å². The first-order chi connectivity index (χ1) is 7.25. The van der Waals surface area contributed by atoms with E-state index in [4.69, 9.17) is 5.73 Å². The number of aromatic nitrogens is 1. The zero-order chi connectivity index (χ0) is 10.7. The lowest BCUT2D eigenvalue weighted by Crippen LogP contribution is -2.46. The van der Waals surface area contributed by atoms with Crippen LogP contribution in [0.5, 0.6) is 0 Å². The van der Waals surface area contributed by atoms with Gasteiger partial charge in [0.05, 0.1) is 0 Å². The van der Waals surface area contributed by atoms with Crippen LogP contribution in [-0.2, 0) is 6.42 Å². The molecule has 0 saturated carbocycles. The monoisotopic (exact) mass is 205 g/mol. The molecule has 0 radical (unpaired) electrons. The number of piperidine rings is 1. The predicted octanol–water partition coefficient (Wildman–Crippen LogP) is 0.903. The Morgan fingerprint density at radius 1 is 1.53 bits per heavy atom. The van der Waals surface area contributed by atoms with Crippen molar-refractivity contribution in [3.05, 3.63) is 30.1 Å². The average molecular weight is 205 g/mol. The van der Waals surface area contributed by atoms with Crippen LogP contribution in [0.3, 0.4) is 0 Å². The first kappa shape index (κ1) is 10.6. The maximum Gasteiger partial charge on any atom is 0.0407 e. The first-order valence-electron chi connectivity index (χ1n) is 5.60. The lowest BCUT2D eigenvalue weighted by Gasteiger charge is -2.34. The highest BCUT2D eigenvalue weighted by molar-refractivity contribution is 5.05. The summed E-state index contributed by atoms with van der Waals surface area (Å²) in [5.41, 5.74) is 7.30. The first-order valence-corrected chi connectivity index (χ1v) is 5.60. The Kier molecular flexibility index (Phi) is 3.34. The number of hydrogen-bond acceptors (Lipinski definition) is 3. The number of nitrogens with two attached hydrogens (primary N) is 1. The predicted molar refractivity (Wildman–Crippen MR) is 61.5 cm³/mol. The fraction of sp³-hybridized carbons (Fsp3) is 0.583. The van der Waals surface area contributed by atoms with E-state index in [0.29, 0.717) is 12.0 Å². The van der Waals surface area contributed by atoms with Gasteiger partial charge in [0.1, 0.15) is 0 Å². The molecule has 0 aromatic carbocycles. The molecule has 15 heavy (non-hydrogen) atoms. The van der Waals surface area contributed by atoms with Crippen molar-refractivity contribution < 1.29 is 0 Å². The van der Waals surface area contributed by atoms with Crippen molar-refractivity contribution in [3.8, 4) is 0 Å². The van der Waals surface area contributed by atoms with E-state index in [2.05, 4.69) is 23.0 Å². The van der Waals surface area contributed by atoms with Gasteiger partial charge < -0.3 is 10.6 Å². The summed E-state index contributed by atoms with van der Waals surface area (Å²) in [7, 11) is 2.16. The molecular formula is C12H19N3. The van der Waals surface area contributed by atoms with Crippen molar-refractivity contribution in [2.75, 3.05) is 20.1 Å². The van der Waals surface area contributed by atoms with Crippen LogP contribution < -0.4 is 5.73 Å². The standard InChI is InChI=1S/C12H19N3/c1-15-7-5-12(13)10(9-15)8-11-4-2-3-6-14-11/h2-4,6,10,12H,5,7-9,13H2,1H3/t10-,12+/m1/s1. The van der Waals surface area contributed by atoms with Gasteiger partial charge in [-0.2, -0.15) is 0 Å². The fourth-order valence-corrected chi connectivity index (χ4v) is 2.24. The summed E-state index contributed by atoms with van der Waals surface area (Å²) in [6.07, 6.45) is 3.97. The number of likely N-dealkylation sites (tertiary alicyclic amines) is 1. The van der Waals surface area contributed by atoms with E-state index in [1.807, 2.05) is 18.3 Å². The van der Waals surface area contributed by atoms with Crippen LogP contribution in [-0.4, -0.2) is 36.1 Å². The third kappa shape index (κ3) is 2.76. The molecule has 1 aromatic rings. The minimum Gasteiger partial charge on any atom is -0.327 e. The van der Waals surface area contributed by atoms with E-state index in [9.17, 15) is 0 Å². The van der Waals surface area contributed by atoms with Crippen LogP contribution in [0, 0.1) is 5.92 Å². The quantitative estimate of drug-likeness (QED) is 0.780. The lowest BCUT2D eigenvalue weighted by molar-refractivity contribution is 0.184. The molecule has 2 heterocycles. The zero-order valence-corrected chi connectivity index (χ0v) is 9.26. The second-order valence-electron chi connectivity index (χ2n) is 4.50. The van der Waals surface area contributed by atoms with Crippen molar-refractivity contribution in [3.63, 3.8) is 0 Å². The highest BCUT2D eigenvalue weighted by Crippen LogP contribution is 2.18. The van der Waals surface area contributed by atoms with Gasteiger partial charge in [-0.15, -0.1) is 0 Å². The van der Waals surface area contributed by atoms with Crippen molar-refractivity contribution in [1.29, 1.82) is 0 Å². The second kappa shape index (κ2) is 4.73. The highest BCUT2D eigenvalue weighted by Gasteiger charge is 2.24. The summed E-state index contributed by atoms with van der Waals surface area (Å²) in [5.74, 6) is 0.554. The van der Waals surface area contributed by atoms with Gasteiger partial charge in [-0.3, -0.25) is 4.98 Å².